The van der Waals surface area contributed by atoms with Crippen LogP contribution >= 0.6 is 11.3 Å². The zero-order valence-electron chi connectivity index (χ0n) is 14.4. The van der Waals surface area contributed by atoms with Gasteiger partial charge in [0.15, 0.2) is 0 Å². The molecule has 0 aliphatic heterocycles. The largest absolute Gasteiger partial charge is 0.352 e. The van der Waals surface area contributed by atoms with Gasteiger partial charge in [0.1, 0.15) is 17.0 Å². The first-order valence-electron chi connectivity index (χ1n) is 7.79. The molecule has 124 valence electrons. The van der Waals surface area contributed by atoms with Crippen molar-refractivity contribution in [2.75, 3.05) is 18.0 Å². The fourth-order valence-electron chi connectivity index (χ4n) is 2.50. The van der Waals surface area contributed by atoms with E-state index < -0.39 is 0 Å². The van der Waals surface area contributed by atoms with E-state index in [2.05, 4.69) is 33.7 Å². The smallest absolute Gasteiger partial charge is 0.261 e. The van der Waals surface area contributed by atoms with Crippen LogP contribution in [0.15, 0.2) is 18.5 Å². The topological polar surface area (TPSA) is 58.1 Å². The van der Waals surface area contributed by atoms with Crippen molar-refractivity contribution in [1.82, 2.24) is 15.3 Å². The second-order valence-corrected chi connectivity index (χ2v) is 7.03. The van der Waals surface area contributed by atoms with Crippen molar-refractivity contribution < 1.29 is 4.79 Å². The van der Waals surface area contributed by atoms with Crippen molar-refractivity contribution in [3.63, 3.8) is 0 Å². The highest BCUT2D eigenvalue weighted by atomic mass is 32.1. The van der Waals surface area contributed by atoms with Gasteiger partial charge in [-0.3, -0.25) is 4.79 Å². The summed E-state index contributed by atoms with van der Waals surface area (Å²) in [6.07, 6.45) is 1.57. The van der Waals surface area contributed by atoms with Crippen molar-refractivity contribution in [3.05, 3.63) is 28.9 Å². The molecule has 0 aromatic carbocycles. The van der Waals surface area contributed by atoms with Gasteiger partial charge in [0.2, 0.25) is 0 Å². The lowest BCUT2D eigenvalue weighted by Crippen LogP contribution is -2.29. The normalized spacial score (nSPS) is 11.0. The fraction of sp³-hybridized carbons (Fsp3) is 0.471. The molecule has 6 heteroatoms. The van der Waals surface area contributed by atoms with E-state index in [0.29, 0.717) is 4.88 Å². The molecule has 0 radical (unpaired) electrons. The predicted molar refractivity (Wildman–Crippen MR) is 97.5 cm³/mol. The van der Waals surface area contributed by atoms with Gasteiger partial charge in [-0.05, 0) is 40.2 Å². The molecule has 2 heterocycles. The maximum atomic E-state index is 12.4. The van der Waals surface area contributed by atoms with Crippen LogP contribution in [0, 0.1) is 6.92 Å². The number of amides is 1. The highest BCUT2D eigenvalue weighted by molar-refractivity contribution is 7.20. The molecular weight excluding hydrogens is 308 g/mol. The van der Waals surface area contributed by atoms with Gasteiger partial charge in [-0.15, -0.1) is 11.3 Å². The van der Waals surface area contributed by atoms with Crippen LogP contribution in [0.3, 0.4) is 0 Å². The van der Waals surface area contributed by atoms with Gasteiger partial charge in [-0.1, -0.05) is 12.2 Å². The van der Waals surface area contributed by atoms with E-state index in [1.165, 1.54) is 11.3 Å². The van der Waals surface area contributed by atoms with Gasteiger partial charge in [0.05, 0.1) is 10.3 Å². The number of carbonyl (C=O) groups is 1. The van der Waals surface area contributed by atoms with E-state index in [1.807, 2.05) is 27.7 Å². The zero-order valence-corrected chi connectivity index (χ0v) is 15.3. The summed E-state index contributed by atoms with van der Waals surface area (Å²) in [5.74, 6) is 0.826. The van der Waals surface area contributed by atoms with Crippen molar-refractivity contribution in [3.8, 4) is 0 Å². The third-order valence-electron chi connectivity index (χ3n) is 3.47. The number of hydrogen-bond acceptors (Lipinski definition) is 5. The average Bonchev–Trinajstić information content (AvgIpc) is 2.81. The highest BCUT2D eigenvalue weighted by Crippen LogP contribution is 2.35. The summed E-state index contributed by atoms with van der Waals surface area (Å²) in [6.45, 7) is 15.5. The molecule has 2 rings (SSSR count). The molecule has 0 saturated heterocycles. The minimum atomic E-state index is -0.0469. The molecule has 0 fully saturated rings. The lowest BCUT2D eigenvalue weighted by Gasteiger charge is -2.22. The number of aryl methyl sites for hydroxylation is 1. The molecule has 5 nitrogen and oxygen atoms in total. The SMILES string of the molecule is C=C(C)CN(CC)c1ncnc2sc(C(=O)NC(C)C)c(C)c12. The van der Waals surface area contributed by atoms with Gasteiger partial charge in [-0.25, -0.2) is 9.97 Å². The Kier molecular flexibility index (Phi) is 5.36. The van der Waals surface area contributed by atoms with Gasteiger partial charge >= 0.3 is 0 Å². The van der Waals surface area contributed by atoms with E-state index in [0.717, 1.165) is 40.3 Å². The second-order valence-electron chi connectivity index (χ2n) is 6.03. The standard InChI is InChI=1S/C17H24N4OS/c1-7-21(8-10(2)3)15-13-12(6)14(16(22)20-11(4)5)23-17(13)19-9-18-15/h9,11H,2,7-8H2,1,3-6H3,(H,20,22). The quantitative estimate of drug-likeness (QED) is 0.822. The van der Waals surface area contributed by atoms with Crippen LogP contribution in [0.4, 0.5) is 5.82 Å². The van der Waals surface area contributed by atoms with Gasteiger partial charge in [0, 0.05) is 19.1 Å². The maximum absolute atomic E-state index is 12.4. The molecule has 0 unspecified atom stereocenters. The Balaban J connectivity index is 2.54. The van der Waals surface area contributed by atoms with E-state index in [-0.39, 0.29) is 11.9 Å². The summed E-state index contributed by atoms with van der Waals surface area (Å²) in [5, 5.41) is 3.92. The Labute approximate surface area is 141 Å². The third kappa shape index (κ3) is 3.69. The lowest BCUT2D eigenvalue weighted by molar-refractivity contribution is 0.0947. The summed E-state index contributed by atoms with van der Waals surface area (Å²) < 4.78 is 0. The van der Waals surface area contributed by atoms with Crippen LogP contribution in [0.5, 0.6) is 0 Å². The van der Waals surface area contributed by atoms with Crippen LogP contribution < -0.4 is 10.2 Å². The molecule has 0 spiro atoms. The molecule has 0 atom stereocenters. The minimum absolute atomic E-state index is 0.0469. The van der Waals surface area contributed by atoms with E-state index in [4.69, 9.17) is 0 Å². The third-order valence-corrected chi connectivity index (χ3v) is 4.67. The van der Waals surface area contributed by atoms with Crippen LogP contribution in [-0.2, 0) is 0 Å². The average molecular weight is 332 g/mol. The number of nitrogens with one attached hydrogen (secondary N) is 1. The monoisotopic (exact) mass is 332 g/mol. The number of likely N-dealkylation sites (N-methyl/N-ethyl adjacent to an activating group) is 1. The maximum Gasteiger partial charge on any atom is 0.261 e. The molecule has 1 amide bonds. The fourth-order valence-corrected chi connectivity index (χ4v) is 3.55. The molecule has 23 heavy (non-hydrogen) atoms. The summed E-state index contributed by atoms with van der Waals surface area (Å²) >= 11 is 1.42. The van der Waals surface area contributed by atoms with Gasteiger partial charge in [-0.2, -0.15) is 0 Å². The Morgan fingerprint density at radius 3 is 2.70 bits per heavy atom. The molecule has 0 bridgehead atoms. The number of rotatable bonds is 6. The Morgan fingerprint density at radius 1 is 1.43 bits per heavy atom. The van der Waals surface area contributed by atoms with Crippen LogP contribution in [0.1, 0.15) is 42.9 Å². The van der Waals surface area contributed by atoms with Crippen molar-refractivity contribution >= 4 is 33.3 Å². The van der Waals surface area contributed by atoms with E-state index in [9.17, 15) is 4.79 Å². The number of aromatic nitrogens is 2. The van der Waals surface area contributed by atoms with E-state index >= 15 is 0 Å². The second kappa shape index (κ2) is 7.08. The van der Waals surface area contributed by atoms with Gasteiger partial charge in [0.25, 0.3) is 5.91 Å². The summed E-state index contributed by atoms with van der Waals surface area (Å²) in [4.78, 5) is 25.0. The summed E-state index contributed by atoms with van der Waals surface area (Å²) in [7, 11) is 0. The first kappa shape index (κ1) is 17.4. The first-order chi connectivity index (χ1) is 10.8. The Bertz CT molecular complexity index is 736. The molecule has 2 aromatic heterocycles. The summed E-state index contributed by atoms with van der Waals surface area (Å²) in [5.41, 5.74) is 2.02. The predicted octanol–water partition coefficient (Wildman–Crippen LogP) is 3.54. The molecule has 2 aromatic rings. The number of anilines is 1. The minimum Gasteiger partial charge on any atom is -0.352 e. The first-order valence-corrected chi connectivity index (χ1v) is 8.61. The Hall–Kier alpha value is -1.95. The lowest BCUT2D eigenvalue weighted by atomic mass is 10.1. The number of thiophene rings is 1. The van der Waals surface area contributed by atoms with Crippen LogP contribution in [0.25, 0.3) is 10.2 Å². The Morgan fingerprint density at radius 2 is 2.13 bits per heavy atom. The van der Waals surface area contributed by atoms with E-state index in [1.54, 1.807) is 6.33 Å². The number of nitrogens with zero attached hydrogens (tertiary/aromatic N) is 3. The number of carbonyl (C=O) groups excluding carboxylic acids is 1. The van der Waals surface area contributed by atoms with Crippen LogP contribution in [0.2, 0.25) is 0 Å². The zero-order chi connectivity index (χ0) is 17.1. The molecule has 0 aliphatic carbocycles. The molecule has 1 N–H and O–H groups in total. The summed E-state index contributed by atoms with van der Waals surface area (Å²) in [6, 6.07) is 0.105. The number of hydrogen-bond donors (Lipinski definition) is 1. The van der Waals surface area contributed by atoms with Gasteiger partial charge < -0.3 is 10.2 Å². The molecule has 0 saturated carbocycles. The van der Waals surface area contributed by atoms with Crippen molar-refractivity contribution in [1.29, 1.82) is 0 Å². The van der Waals surface area contributed by atoms with Crippen LogP contribution in [-0.4, -0.2) is 35.0 Å². The molecular formula is C17H24N4OS. The molecule has 0 aliphatic rings. The van der Waals surface area contributed by atoms with Crippen molar-refractivity contribution in [2.24, 2.45) is 0 Å². The number of fused-ring (bicyclic) bond motifs is 1. The van der Waals surface area contributed by atoms with Crippen molar-refractivity contribution in [2.45, 2.75) is 40.7 Å². The highest BCUT2D eigenvalue weighted by Gasteiger charge is 2.21.